The molecule has 136 valence electrons. The van der Waals surface area contributed by atoms with E-state index in [2.05, 4.69) is 16.6 Å². The molecule has 0 radical (unpaired) electrons. The zero-order chi connectivity index (χ0) is 18.4. The number of rotatable bonds is 12. The van der Waals surface area contributed by atoms with Crippen molar-refractivity contribution in [3.8, 4) is 0 Å². The first-order chi connectivity index (χ1) is 11.4. The molecule has 9 heteroatoms. The highest BCUT2D eigenvalue weighted by atomic mass is 16.6. The highest BCUT2D eigenvalue weighted by Gasteiger charge is 2.12. The predicted molar refractivity (Wildman–Crippen MR) is 81.8 cm³/mol. The molecule has 9 nitrogen and oxygen atoms in total. The molecule has 0 aliphatic rings. The predicted octanol–water partition coefficient (Wildman–Crippen LogP) is -0.267. The highest BCUT2D eigenvalue weighted by molar-refractivity contribution is 5.84. The van der Waals surface area contributed by atoms with Crippen LogP contribution in [0.4, 0.5) is 0 Å². The maximum atomic E-state index is 11.5. The zero-order valence-corrected chi connectivity index (χ0v) is 13.9. The monoisotopic (exact) mass is 345 g/mol. The van der Waals surface area contributed by atoms with Gasteiger partial charge in [-0.05, 0) is 6.92 Å². The third-order valence-corrected chi connectivity index (χ3v) is 2.48. The molecule has 0 rings (SSSR count). The summed E-state index contributed by atoms with van der Waals surface area (Å²) in [5, 5.41) is 2.33. The molecular weight excluding hydrogens is 322 g/mol. The third kappa shape index (κ3) is 12.2. The van der Waals surface area contributed by atoms with Gasteiger partial charge in [-0.15, -0.1) is 0 Å². The van der Waals surface area contributed by atoms with E-state index in [-0.39, 0.29) is 39.2 Å². The van der Waals surface area contributed by atoms with Crippen molar-refractivity contribution in [2.24, 2.45) is 0 Å². The van der Waals surface area contributed by atoms with E-state index in [1.54, 1.807) is 6.92 Å². The van der Waals surface area contributed by atoms with Crippen LogP contribution >= 0.6 is 0 Å². The van der Waals surface area contributed by atoms with Gasteiger partial charge in [0.1, 0.15) is 25.9 Å². The van der Waals surface area contributed by atoms with E-state index in [1.165, 1.54) is 7.11 Å². The third-order valence-electron chi connectivity index (χ3n) is 2.48. The Hall–Kier alpha value is -2.42. The Bertz CT molecular complexity index is 449. The fourth-order valence-electron chi connectivity index (χ4n) is 1.44. The second-order valence-corrected chi connectivity index (χ2v) is 4.62. The van der Waals surface area contributed by atoms with Crippen molar-refractivity contribution in [3.63, 3.8) is 0 Å². The number of amides is 1. The van der Waals surface area contributed by atoms with Gasteiger partial charge in [0.15, 0.2) is 0 Å². The second kappa shape index (κ2) is 13.1. The van der Waals surface area contributed by atoms with Crippen LogP contribution in [-0.2, 0) is 38.1 Å². The first kappa shape index (κ1) is 21.6. The molecule has 0 aliphatic heterocycles. The molecule has 0 bridgehead atoms. The van der Waals surface area contributed by atoms with Crippen LogP contribution in [0.1, 0.15) is 19.8 Å². The molecule has 0 aromatic heterocycles. The topological polar surface area (TPSA) is 117 Å². The smallest absolute Gasteiger partial charge is 0.330 e. The summed E-state index contributed by atoms with van der Waals surface area (Å²) in [6, 6.07) is 0. The van der Waals surface area contributed by atoms with Gasteiger partial charge in [-0.25, -0.2) is 4.79 Å². The normalized spacial score (nSPS) is 11.1. The summed E-state index contributed by atoms with van der Waals surface area (Å²) in [5.74, 6) is -2.31. The number of hydrogen-bond acceptors (Lipinski definition) is 8. The van der Waals surface area contributed by atoms with Gasteiger partial charge in [0.25, 0.3) is 0 Å². The summed E-state index contributed by atoms with van der Waals surface area (Å²) < 4.78 is 19.1. The van der Waals surface area contributed by atoms with Crippen LogP contribution in [0.15, 0.2) is 12.7 Å². The molecule has 1 unspecified atom stereocenters. The molecule has 1 N–H and O–H groups in total. The number of esters is 3. The van der Waals surface area contributed by atoms with Crippen LogP contribution in [0, 0.1) is 0 Å². The second-order valence-electron chi connectivity index (χ2n) is 4.62. The minimum absolute atomic E-state index is 0.0890. The Morgan fingerprint density at radius 1 is 1.08 bits per heavy atom. The SMILES string of the molecule is C=CC(=O)OCCOC(=O)CCC(=O)NCC(=O)OC(C)COC. The van der Waals surface area contributed by atoms with E-state index in [1.807, 2.05) is 0 Å². The van der Waals surface area contributed by atoms with Crippen LogP contribution in [0.3, 0.4) is 0 Å². The standard InChI is InChI=1S/C15H23NO8/c1-4-13(18)22-7-8-23-14(19)6-5-12(17)16-9-15(20)24-11(2)10-21-3/h4,11H,1,5-10H2,2-3H3,(H,16,17). The van der Waals surface area contributed by atoms with E-state index in [9.17, 15) is 19.2 Å². The lowest BCUT2D eigenvalue weighted by molar-refractivity contribution is -0.151. The van der Waals surface area contributed by atoms with Gasteiger partial charge < -0.3 is 24.3 Å². The Labute approximate surface area is 140 Å². The van der Waals surface area contributed by atoms with Crippen LogP contribution in [0.2, 0.25) is 0 Å². The van der Waals surface area contributed by atoms with Crippen molar-refractivity contribution in [2.45, 2.75) is 25.9 Å². The zero-order valence-electron chi connectivity index (χ0n) is 13.9. The molecule has 0 fully saturated rings. The molecule has 0 spiro atoms. The number of carbonyl (C=O) groups is 4. The molecule has 0 aliphatic carbocycles. The van der Waals surface area contributed by atoms with Crippen molar-refractivity contribution >= 4 is 23.8 Å². The molecular formula is C15H23NO8. The van der Waals surface area contributed by atoms with E-state index < -0.39 is 29.9 Å². The van der Waals surface area contributed by atoms with Crippen molar-refractivity contribution in [3.05, 3.63) is 12.7 Å². The van der Waals surface area contributed by atoms with Gasteiger partial charge in [0.2, 0.25) is 5.91 Å². The van der Waals surface area contributed by atoms with Crippen molar-refractivity contribution in [1.29, 1.82) is 0 Å². The Balaban J connectivity index is 3.73. The average molecular weight is 345 g/mol. The van der Waals surface area contributed by atoms with E-state index >= 15 is 0 Å². The number of hydrogen-bond donors (Lipinski definition) is 1. The summed E-state index contributed by atoms with van der Waals surface area (Å²) >= 11 is 0. The van der Waals surface area contributed by atoms with Gasteiger partial charge in [-0.3, -0.25) is 14.4 Å². The van der Waals surface area contributed by atoms with E-state index in [0.29, 0.717) is 0 Å². The van der Waals surface area contributed by atoms with Gasteiger partial charge in [0, 0.05) is 19.6 Å². The van der Waals surface area contributed by atoms with Crippen LogP contribution in [-0.4, -0.2) is 63.4 Å². The van der Waals surface area contributed by atoms with Gasteiger partial charge in [0.05, 0.1) is 13.0 Å². The lowest BCUT2D eigenvalue weighted by Gasteiger charge is -2.12. The fraction of sp³-hybridized carbons (Fsp3) is 0.600. The molecule has 0 saturated carbocycles. The summed E-state index contributed by atoms with van der Waals surface area (Å²) in [6.07, 6.45) is 0.292. The molecule has 0 aromatic rings. The van der Waals surface area contributed by atoms with Crippen LogP contribution in [0.5, 0.6) is 0 Å². The molecule has 1 atom stereocenters. The maximum Gasteiger partial charge on any atom is 0.330 e. The minimum Gasteiger partial charge on any atom is -0.462 e. The maximum absolute atomic E-state index is 11.5. The number of carbonyl (C=O) groups excluding carboxylic acids is 4. The number of methoxy groups -OCH3 is 1. The van der Waals surface area contributed by atoms with Gasteiger partial charge in [-0.1, -0.05) is 6.58 Å². The molecule has 24 heavy (non-hydrogen) atoms. The van der Waals surface area contributed by atoms with Crippen molar-refractivity contribution in [2.75, 3.05) is 33.5 Å². The van der Waals surface area contributed by atoms with Crippen LogP contribution in [0.25, 0.3) is 0 Å². The van der Waals surface area contributed by atoms with E-state index in [4.69, 9.17) is 14.2 Å². The van der Waals surface area contributed by atoms with Crippen LogP contribution < -0.4 is 5.32 Å². The minimum atomic E-state index is -0.615. The van der Waals surface area contributed by atoms with Crippen molar-refractivity contribution < 1.29 is 38.1 Å². The lowest BCUT2D eigenvalue weighted by atomic mass is 10.3. The molecule has 0 aromatic carbocycles. The molecule has 0 saturated heterocycles. The van der Waals surface area contributed by atoms with E-state index in [0.717, 1.165) is 6.08 Å². The first-order valence-corrected chi connectivity index (χ1v) is 7.29. The quantitative estimate of drug-likeness (QED) is 0.222. The summed E-state index contributed by atoms with van der Waals surface area (Å²) in [5.41, 5.74) is 0. The summed E-state index contributed by atoms with van der Waals surface area (Å²) in [6.45, 7) is 4.64. The van der Waals surface area contributed by atoms with Crippen molar-refractivity contribution in [1.82, 2.24) is 5.32 Å². The largest absolute Gasteiger partial charge is 0.462 e. The summed E-state index contributed by atoms with van der Waals surface area (Å²) in [4.78, 5) is 45.0. The Morgan fingerprint density at radius 3 is 2.38 bits per heavy atom. The van der Waals surface area contributed by atoms with Gasteiger partial charge >= 0.3 is 17.9 Å². The highest BCUT2D eigenvalue weighted by Crippen LogP contribution is 1.95. The molecule has 1 amide bonds. The number of nitrogens with one attached hydrogen (secondary N) is 1. The first-order valence-electron chi connectivity index (χ1n) is 7.29. The fourth-order valence-corrected chi connectivity index (χ4v) is 1.44. The molecule has 0 heterocycles. The Kier molecular flexibility index (Phi) is 11.7. The summed E-state index contributed by atoms with van der Waals surface area (Å²) in [7, 11) is 1.48. The lowest BCUT2D eigenvalue weighted by Crippen LogP contribution is -2.33. The van der Waals surface area contributed by atoms with Gasteiger partial charge in [-0.2, -0.15) is 0 Å². The average Bonchev–Trinajstić information content (AvgIpc) is 2.54. The Morgan fingerprint density at radius 2 is 1.75 bits per heavy atom. The number of ether oxygens (including phenoxy) is 4.